The van der Waals surface area contributed by atoms with Gasteiger partial charge in [0.2, 0.25) is 0 Å². The molecule has 29 heavy (non-hydrogen) atoms. The smallest absolute Gasteiger partial charge is 0.156 e. The molecule has 2 aliphatic rings. The summed E-state index contributed by atoms with van der Waals surface area (Å²) in [5.74, 6) is 2.04. The fraction of sp³-hybridized carbons (Fsp3) is 0.455. The first-order valence-electron chi connectivity index (χ1n) is 10.4. The van der Waals surface area contributed by atoms with Crippen molar-refractivity contribution in [2.75, 3.05) is 13.2 Å². The summed E-state index contributed by atoms with van der Waals surface area (Å²) in [4.78, 5) is 4.89. The standard InChI is InChI=1S/C22H24N6O/c23-13-15-5-7-17(8-6-15)28-21(24-22(27-28)16-11-12-29-14-16)10-9-20-18-3-1-2-4-19(18)25-26-20/h5-8,16H,1-4,9-12,14H2,(H,25,26)/t16-/m1/s1. The van der Waals surface area contributed by atoms with Crippen LogP contribution in [0.1, 0.15) is 59.3 Å². The Morgan fingerprint density at radius 2 is 2.03 bits per heavy atom. The fourth-order valence-electron chi connectivity index (χ4n) is 4.31. The summed E-state index contributed by atoms with van der Waals surface area (Å²) in [6, 6.07) is 9.68. The average Bonchev–Trinajstić information content (AvgIpc) is 3.51. The first-order valence-corrected chi connectivity index (χ1v) is 10.4. The number of rotatable bonds is 5. The number of aromatic nitrogens is 5. The Hall–Kier alpha value is -2.98. The number of nitrogens with one attached hydrogen (secondary N) is 1. The van der Waals surface area contributed by atoms with Crippen LogP contribution in [0, 0.1) is 11.3 Å². The molecule has 0 amide bonds. The van der Waals surface area contributed by atoms with E-state index in [0.29, 0.717) is 12.2 Å². The van der Waals surface area contributed by atoms with Gasteiger partial charge in [-0.15, -0.1) is 0 Å². The van der Waals surface area contributed by atoms with E-state index in [1.165, 1.54) is 29.8 Å². The molecule has 7 nitrogen and oxygen atoms in total. The van der Waals surface area contributed by atoms with Crippen LogP contribution >= 0.6 is 0 Å². The number of hydrogen-bond acceptors (Lipinski definition) is 5. The molecule has 5 rings (SSSR count). The van der Waals surface area contributed by atoms with Gasteiger partial charge in [0.15, 0.2) is 5.82 Å². The molecule has 0 spiro atoms. The summed E-state index contributed by atoms with van der Waals surface area (Å²) in [6.45, 7) is 1.45. The van der Waals surface area contributed by atoms with Crippen molar-refractivity contribution in [1.82, 2.24) is 25.0 Å². The fourth-order valence-corrected chi connectivity index (χ4v) is 4.31. The first kappa shape index (κ1) is 18.1. The summed E-state index contributed by atoms with van der Waals surface area (Å²) in [5, 5.41) is 21.7. The predicted molar refractivity (Wildman–Crippen MR) is 107 cm³/mol. The Labute approximate surface area is 169 Å². The molecule has 0 radical (unpaired) electrons. The maximum Gasteiger partial charge on any atom is 0.156 e. The van der Waals surface area contributed by atoms with Crippen LogP contribution in [0.2, 0.25) is 0 Å². The van der Waals surface area contributed by atoms with Gasteiger partial charge in [0.05, 0.1) is 29.6 Å². The lowest BCUT2D eigenvalue weighted by Crippen LogP contribution is -2.07. The molecule has 1 aromatic carbocycles. The van der Waals surface area contributed by atoms with Crippen molar-refractivity contribution < 1.29 is 4.74 Å². The molecule has 148 valence electrons. The summed E-state index contributed by atoms with van der Waals surface area (Å²) in [5.41, 5.74) is 5.46. The SMILES string of the molecule is N#Cc1ccc(-n2nc([C@@H]3CCOC3)nc2CCc2n[nH]c3c2CCCC3)cc1. The highest BCUT2D eigenvalue weighted by Gasteiger charge is 2.24. The predicted octanol–water partition coefficient (Wildman–Crippen LogP) is 3.03. The van der Waals surface area contributed by atoms with Gasteiger partial charge in [-0.25, -0.2) is 9.67 Å². The van der Waals surface area contributed by atoms with Crippen LogP contribution in [0.4, 0.5) is 0 Å². The summed E-state index contributed by atoms with van der Waals surface area (Å²) in [6.07, 6.45) is 7.30. The number of benzene rings is 1. The normalized spacial score (nSPS) is 18.5. The van der Waals surface area contributed by atoms with Crippen LogP contribution in [0.15, 0.2) is 24.3 Å². The Balaban J connectivity index is 1.44. The molecule has 1 aliphatic carbocycles. The zero-order valence-electron chi connectivity index (χ0n) is 16.4. The number of aromatic amines is 1. The minimum Gasteiger partial charge on any atom is -0.381 e. The zero-order chi connectivity index (χ0) is 19.6. The molecule has 1 saturated heterocycles. The topological polar surface area (TPSA) is 92.4 Å². The number of H-pyrrole nitrogens is 1. The number of aryl methyl sites for hydroxylation is 3. The molecule has 1 N–H and O–H groups in total. The molecule has 0 bridgehead atoms. The quantitative estimate of drug-likeness (QED) is 0.725. The molecule has 2 aromatic heterocycles. The van der Waals surface area contributed by atoms with Crippen molar-refractivity contribution in [2.45, 2.75) is 50.9 Å². The number of nitrogens with zero attached hydrogens (tertiary/aromatic N) is 5. The summed E-state index contributed by atoms with van der Waals surface area (Å²) < 4.78 is 7.46. The van der Waals surface area contributed by atoms with E-state index >= 15 is 0 Å². The minimum atomic E-state index is 0.256. The third kappa shape index (κ3) is 3.56. The molecule has 0 saturated carbocycles. The van der Waals surface area contributed by atoms with Gasteiger partial charge in [0.1, 0.15) is 5.82 Å². The van der Waals surface area contributed by atoms with E-state index in [1.54, 1.807) is 0 Å². The van der Waals surface area contributed by atoms with Crippen molar-refractivity contribution in [1.29, 1.82) is 5.26 Å². The number of hydrogen-bond donors (Lipinski definition) is 1. The number of ether oxygens (including phenoxy) is 1. The summed E-state index contributed by atoms with van der Waals surface area (Å²) >= 11 is 0. The van der Waals surface area contributed by atoms with Crippen LogP contribution in [-0.4, -0.2) is 38.2 Å². The largest absolute Gasteiger partial charge is 0.381 e. The highest BCUT2D eigenvalue weighted by Crippen LogP contribution is 2.26. The van der Waals surface area contributed by atoms with E-state index in [-0.39, 0.29) is 5.92 Å². The maximum atomic E-state index is 9.08. The van der Waals surface area contributed by atoms with Crippen molar-refractivity contribution >= 4 is 0 Å². The van der Waals surface area contributed by atoms with E-state index in [9.17, 15) is 0 Å². The van der Waals surface area contributed by atoms with Crippen LogP contribution in [0.5, 0.6) is 0 Å². The van der Waals surface area contributed by atoms with Crippen LogP contribution in [-0.2, 0) is 30.4 Å². The molecular formula is C22H24N6O. The monoisotopic (exact) mass is 388 g/mol. The van der Waals surface area contributed by atoms with E-state index in [4.69, 9.17) is 20.1 Å². The van der Waals surface area contributed by atoms with Gasteiger partial charge in [-0.3, -0.25) is 5.10 Å². The van der Waals surface area contributed by atoms with E-state index in [0.717, 1.165) is 56.0 Å². The minimum absolute atomic E-state index is 0.256. The maximum absolute atomic E-state index is 9.08. The lowest BCUT2D eigenvalue weighted by atomic mass is 9.94. The van der Waals surface area contributed by atoms with E-state index in [1.807, 2.05) is 28.9 Å². The van der Waals surface area contributed by atoms with Crippen molar-refractivity contribution in [3.63, 3.8) is 0 Å². The van der Waals surface area contributed by atoms with Gasteiger partial charge < -0.3 is 4.74 Å². The Kier molecular flexibility index (Phi) is 4.86. The zero-order valence-corrected chi connectivity index (χ0v) is 16.4. The van der Waals surface area contributed by atoms with Crippen LogP contribution < -0.4 is 0 Å². The Morgan fingerprint density at radius 1 is 1.17 bits per heavy atom. The molecule has 3 heterocycles. The van der Waals surface area contributed by atoms with Gasteiger partial charge >= 0.3 is 0 Å². The van der Waals surface area contributed by atoms with Gasteiger partial charge in [0.25, 0.3) is 0 Å². The third-order valence-electron chi connectivity index (χ3n) is 5.95. The molecule has 1 atom stereocenters. The van der Waals surface area contributed by atoms with Crippen LogP contribution in [0.3, 0.4) is 0 Å². The van der Waals surface area contributed by atoms with Gasteiger partial charge in [-0.05, 0) is 68.4 Å². The number of nitriles is 1. The molecule has 0 unspecified atom stereocenters. The van der Waals surface area contributed by atoms with E-state index < -0.39 is 0 Å². The lowest BCUT2D eigenvalue weighted by Gasteiger charge is -2.11. The Morgan fingerprint density at radius 3 is 2.83 bits per heavy atom. The molecular weight excluding hydrogens is 364 g/mol. The highest BCUT2D eigenvalue weighted by molar-refractivity contribution is 5.39. The second-order valence-electron chi connectivity index (χ2n) is 7.85. The molecule has 1 fully saturated rings. The van der Waals surface area contributed by atoms with Crippen molar-refractivity contribution in [3.8, 4) is 11.8 Å². The van der Waals surface area contributed by atoms with E-state index in [2.05, 4.69) is 16.3 Å². The average molecular weight is 388 g/mol. The van der Waals surface area contributed by atoms with Gasteiger partial charge in [0, 0.05) is 24.6 Å². The Bertz CT molecular complexity index is 1040. The lowest BCUT2D eigenvalue weighted by molar-refractivity contribution is 0.193. The number of fused-ring (bicyclic) bond motifs is 1. The third-order valence-corrected chi connectivity index (χ3v) is 5.95. The van der Waals surface area contributed by atoms with Crippen LogP contribution in [0.25, 0.3) is 5.69 Å². The van der Waals surface area contributed by atoms with Gasteiger partial charge in [-0.1, -0.05) is 0 Å². The molecule has 3 aromatic rings. The van der Waals surface area contributed by atoms with Gasteiger partial charge in [-0.2, -0.15) is 15.5 Å². The second-order valence-corrected chi connectivity index (χ2v) is 7.85. The molecule has 1 aliphatic heterocycles. The highest BCUT2D eigenvalue weighted by atomic mass is 16.5. The molecule has 7 heteroatoms. The summed E-state index contributed by atoms with van der Waals surface area (Å²) in [7, 11) is 0. The second kappa shape index (κ2) is 7.80. The first-order chi connectivity index (χ1) is 14.3. The van der Waals surface area contributed by atoms with Crippen molar-refractivity contribution in [2.24, 2.45) is 0 Å². The van der Waals surface area contributed by atoms with Crippen molar-refractivity contribution in [3.05, 3.63) is 58.4 Å².